The van der Waals surface area contributed by atoms with E-state index in [0.29, 0.717) is 5.56 Å². The molecule has 0 spiro atoms. The lowest BCUT2D eigenvalue weighted by atomic mass is 9.89. The summed E-state index contributed by atoms with van der Waals surface area (Å²) in [5.41, 5.74) is 0.819. The van der Waals surface area contributed by atoms with Crippen LogP contribution in [0.1, 0.15) is 18.9 Å². The van der Waals surface area contributed by atoms with Gasteiger partial charge in [-0.25, -0.2) is 4.79 Å². The summed E-state index contributed by atoms with van der Waals surface area (Å²) in [4.78, 5) is 46.7. The molecule has 1 atom stereocenters. The minimum atomic E-state index is -1.04. The summed E-state index contributed by atoms with van der Waals surface area (Å²) < 4.78 is 4.67. The molecule has 1 aromatic rings. The first kappa shape index (κ1) is 18.1. The highest BCUT2D eigenvalue weighted by Gasteiger charge is 2.36. The summed E-state index contributed by atoms with van der Waals surface area (Å²) in [5.74, 6) is -2.78. The number of ether oxygens (including phenoxy) is 1. The molecule has 0 saturated carbocycles. The van der Waals surface area contributed by atoms with E-state index in [-0.39, 0.29) is 29.1 Å². The Kier molecular flexibility index (Phi) is 5.16. The quantitative estimate of drug-likeness (QED) is 0.482. The fourth-order valence-electron chi connectivity index (χ4n) is 2.62. The van der Waals surface area contributed by atoms with Gasteiger partial charge in [0.25, 0.3) is 5.69 Å². The van der Waals surface area contributed by atoms with Gasteiger partial charge in [0.05, 0.1) is 23.5 Å². The maximum atomic E-state index is 12.6. The van der Waals surface area contributed by atoms with Crippen molar-refractivity contribution in [1.29, 1.82) is 0 Å². The third-order valence-corrected chi connectivity index (χ3v) is 3.86. The van der Waals surface area contributed by atoms with Gasteiger partial charge in [-0.2, -0.15) is 0 Å². The molecule has 2 rings (SSSR count). The minimum Gasteiger partial charge on any atom is -0.466 e. The number of hydrogen-bond donors (Lipinski definition) is 2. The first-order valence-electron chi connectivity index (χ1n) is 7.39. The SMILES string of the molecule is COC(=O)C1=C(C)NC(=O)CC1C(=O)Nc1ccc(C)c([N+](=O)[O-])c1. The summed E-state index contributed by atoms with van der Waals surface area (Å²) in [6.45, 7) is 3.08. The van der Waals surface area contributed by atoms with Crippen LogP contribution in [0, 0.1) is 23.0 Å². The van der Waals surface area contributed by atoms with E-state index in [0.717, 1.165) is 0 Å². The predicted octanol–water partition coefficient (Wildman–Crippen LogP) is 1.42. The number of carbonyl (C=O) groups excluding carboxylic acids is 3. The Morgan fingerprint density at radius 3 is 2.64 bits per heavy atom. The van der Waals surface area contributed by atoms with Crippen molar-refractivity contribution in [2.45, 2.75) is 20.3 Å². The van der Waals surface area contributed by atoms with Crippen LogP contribution >= 0.6 is 0 Å². The number of nitrogens with zero attached hydrogens (tertiary/aromatic N) is 1. The fourth-order valence-corrected chi connectivity index (χ4v) is 2.62. The smallest absolute Gasteiger partial charge is 0.336 e. The number of amides is 2. The van der Waals surface area contributed by atoms with Gasteiger partial charge in [0.1, 0.15) is 0 Å². The molecule has 2 N–H and O–H groups in total. The normalized spacial score (nSPS) is 16.9. The second-order valence-electron chi connectivity index (χ2n) is 5.58. The van der Waals surface area contributed by atoms with Crippen LogP contribution in [0.4, 0.5) is 11.4 Å². The molecule has 132 valence electrons. The summed E-state index contributed by atoms with van der Waals surface area (Å²) in [5, 5.41) is 16.0. The van der Waals surface area contributed by atoms with E-state index in [1.807, 2.05) is 0 Å². The third kappa shape index (κ3) is 3.82. The van der Waals surface area contributed by atoms with Crippen LogP contribution in [-0.2, 0) is 19.1 Å². The zero-order chi connectivity index (χ0) is 18.7. The van der Waals surface area contributed by atoms with Gasteiger partial charge in [-0.3, -0.25) is 19.7 Å². The number of hydrogen-bond acceptors (Lipinski definition) is 6. The van der Waals surface area contributed by atoms with E-state index in [2.05, 4.69) is 15.4 Å². The van der Waals surface area contributed by atoms with Crippen LogP contribution in [0.15, 0.2) is 29.5 Å². The molecule has 1 aliphatic rings. The Morgan fingerprint density at radius 1 is 1.36 bits per heavy atom. The zero-order valence-electron chi connectivity index (χ0n) is 13.9. The molecular formula is C16H17N3O6. The molecule has 9 nitrogen and oxygen atoms in total. The van der Waals surface area contributed by atoms with Gasteiger partial charge in [-0.05, 0) is 19.9 Å². The highest BCUT2D eigenvalue weighted by atomic mass is 16.6. The molecule has 25 heavy (non-hydrogen) atoms. The van der Waals surface area contributed by atoms with Crippen LogP contribution < -0.4 is 10.6 Å². The molecule has 0 saturated heterocycles. The number of anilines is 1. The largest absolute Gasteiger partial charge is 0.466 e. The molecule has 2 amide bonds. The fraction of sp³-hybridized carbons (Fsp3) is 0.312. The van der Waals surface area contributed by atoms with Crippen molar-refractivity contribution in [2.75, 3.05) is 12.4 Å². The Bertz CT molecular complexity index is 799. The van der Waals surface area contributed by atoms with Crippen molar-refractivity contribution in [2.24, 2.45) is 5.92 Å². The molecule has 0 aromatic heterocycles. The van der Waals surface area contributed by atoms with Crippen molar-refractivity contribution >= 4 is 29.2 Å². The molecule has 1 aromatic carbocycles. The maximum Gasteiger partial charge on any atom is 0.336 e. The average Bonchev–Trinajstić information content (AvgIpc) is 2.54. The van der Waals surface area contributed by atoms with Crippen LogP contribution in [0.5, 0.6) is 0 Å². The first-order chi connectivity index (χ1) is 11.7. The molecule has 0 fully saturated rings. The number of nitro groups is 1. The number of esters is 1. The highest BCUT2D eigenvalue weighted by molar-refractivity contribution is 6.06. The Balaban J connectivity index is 2.31. The molecule has 0 bridgehead atoms. The Labute approximate surface area is 143 Å². The second kappa shape index (κ2) is 7.12. The van der Waals surface area contributed by atoms with Crippen molar-refractivity contribution in [3.05, 3.63) is 45.1 Å². The van der Waals surface area contributed by atoms with Crippen LogP contribution in [0.25, 0.3) is 0 Å². The van der Waals surface area contributed by atoms with Crippen LogP contribution in [0.2, 0.25) is 0 Å². The van der Waals surface area contributed by atoms with E-state index in [1.54, 1.807) is 6.92 Å². The number of nitro benzene ring substituents is 1. The minimum absolute atomic E-state index is 0.0567. The number of rotatable bonds is 4. The van der Waals surface area contributed by atoms with Gasteiger partial charge >= 0.3 is 5.97 Å². The Morgan fingerprint density at radius 2 is 2.04 bits per heavy atom. The maximum absolute atomic E-state index is 12.6. The summed E-state index contributed by atoms with van der Waals surface area (Å²) in [6, 6.07) is 4.24. The Hall–Kier alpha value is -3.23. The summed E-state index contributed by atoms with van der Waals surface area (Å²) >= 11 is 0. The molecule has 1 aliphatic heterocycles. The topological polar surface area (TPSA) is 128 Å². The lowest BCUT2D eigenvalue weighted by molar-refractivity contribution is -0.385. The summed E-state index contributed by atoms with van der Waals surface area (Å²) in [6.07, 6.45) is -0.221. The number of carbonyl (C=O) groups is 3. The third-order valence-electron chi connectivity index (χ3n) is 3.86. The standard InChI is InChI=1S/C16H17N3O6/c1-8-4-5-10(6-12(8)19(23)24)18-15(21)11-7-13(20)17-9(2)14(11)16(22)25-3/h4-6,11H,7H2,1-3H3,(H,17,20)(H,18,21). The van der Waals surface area contributed by atoms with E-state index < -0.39 is 28.6 Å². The van der Waals surface area contributed by atoms with Crippen molar-refractivity contribution in [1.82, 2.24) is 5.32 Å². The molecule has 9 heteroatoms. The second-order valence-corrected chi connectivity index (χ2v) is 5.58. The van der Waals surface area contributed by atoms with Crippen molar-refractivity contribution < 1.29 is 24.0 Å². The molecule has 1 unspecified atom stereocenters. The lowest BCUT2D eigenvalue weighted by Crippen LogP contribution is -2.40. The van der Waals surface area contributed by atoms with Crippen molar-refractivity contribution in [3.63, 3.8) is 0 Å². The zero-order valence-corrected chi connectivity index (χ0v) is 13.9. The van der Waals surface area contributed by atoms with E-state index >= 15 is 0 Å². The van der Waals surface area contributed by atoms with Crippen LogP contribution in [0.3, 0.4) is 0 Å². The number of aryl methyl sites for hydroxylation is 1. The molecule has 1 heterocycles. The van der Waals surface area contributed by atoms with Gasteiger partial charge in [0, 0.05) is 29.4 Å². The first-order valence-corrected chi connectivity index (χ1v) is 7.39. The average molecular weight is 347 g/mol. The number of benzene rings is 1. The van der Waals surface area contributed by atoms with E-state index in [4.69, 9.17) is 0 Å². The van der Waals surface area contributed by atoms with E-state index in [1.165, 1.54) is 32.2 Å². The molecule has 0 radical (unpaired) electrons. The molecular weight excluding hydrogens is 330 g/mol. The van der Waals surface area contributed by atoms with E-state index in [9.17, 15) is 24.5 Å². The van der Waals surface area contributed by atoms with Gasteiger partial charge in [-0.1, -0.05) is 6.07 Å². The monoisotopic (exact) mass is 347 g/mol. The van der Waals surface area contributed by atoms with Gasteiger partial charge in [0.2, 0.25) is 11.8 Å². The summed E-state index contributed by atoms with van der Waals surface area (Å²) in [7, 11) is 1.18. The molecule has 0 aliphatic carbocycles. The predicted molar refractivity (Wildman–Crippen MR) is 87.4 cm³/mol. The highest BCUT2D eigenvalue weighted by Crippen LogP contribution is 2.27. The number of methoxy groups -OCH3 is 1. The number of nitrogens with one attached hydrogen (secondary N) is 2. The van der Waals surface area contributed by atoms with Gasteiger partial charge in [0.15, 0.2) is 0 Å². The number of allylic oxidation sites excluding steroid dienone is 1. The lowest BCUT2D eigenvalue weighted by Gasteiger charge is -2.25. The van der Waals surface area contributed by atoms with Gasteiger partial charge < -0.3 is 15.4 Å². The van der Waals surface area contributed by atoms with Gasteiger partial charge in [-0.15, -0.1) is 0 Å². The van der Waals surface area contributed by atoms with Crippen LogP contribution in [-0.4, -0.2) is 29.8 Å². The van der Waals surface area contributed by atoms with Crippen molar-refractivity contribution in [3.8, 4) is 0 Å².